The molecule has 618 valence electrons. The lowest BCUT2D eigenvalue weighted by Gasteiger charge is -2.35. The van der Waals surface area contributed by atoms with E-state index in [1.54, 1.807) is 0 Å². The van der Waals surface area contributed by atoms with Crippen LogP contribution in [0.15, 0.2) is 286 Å². The van der Waals surface area contributed by atoms with Crippen molar-refractivity contribution in [3.05, 3.63) is 336 Å². The van der Waals surface area contributed by atoms with E-state index >= 15 is 0 Å². The molecule has 0 unspecified atom stereocenters. The molecule has 0 radical (unpaired) electrons. The molecule has 9 aromatic carbocycles. The number of ether oxygens (including phenoxy) is 9. The smallest absolute Gasteiger partial charge is 0.0716 e. The van der Waals surface area contributed by atoms with Crippen LogP contribution in [0.3, 0.4) is 0 Å². The number of allylic oxidation sites excluding steroid dienone is 1. The standard InChI is InChI=1S/C36H46O3.C35H46O3.C34H46O4/c1-2-3-13-23-36(24-14-27-37-30-33-17-7-4-8-18-33,25-15-28-38-31-34-19-9-5-10-20-34)26-16-29-39-32-35-21-11-6-12-22-35;1-2-3-22-35(23-13-26-36-29-32-16-7-4-8-17-32,24-14-27-37-30-33-18-9-5-10-19-33)25-15-28-38-31-34-20-11-6-12-21-34;35-24-10-20-34(21-11-25-36-28-31-14-4-1-5-15-31,22-12-26-37-29-32-16-6-2-7-17-32)23-13-27-38-30-33-18-8-3-9-19-33/h1,4-12,17-22H,3,13-16,23-32H2;2,4-12,16-21H,1,3,13-15,22-31H2;1-9,14-19,35H,10-13,20-30H2. The molecule has 0 aromatic heterocycles. The topological polar surface area (TPSA) is 103 Å². The first kappa shape index (κ1) is 94.0. The van der Waals surface area contributed by atoms with Gasteiger partial charge >= 0.3 is 0 Å². The van der Waals surface area contributed by atoms with Crippen molar-refractivity contribution in [2.24, 2.45) is 16.2 Å². The van der Waals surface area contributed by atoms with Gasteiger partial charge in [0.05, 0.1) is 59.5 Å². The van der Waals surface area contributed by atoms with Crippen LogP contribution in [0.25, 0.3) is 0 Å². The molecule has 0 heterocycles. The van der Waals surface area contributed by atoms with E-state index in [9.17, 15) is 5.11 Å². The molecule has 0 fully saturated rings. The van der Waals surface area contributed by atoms with Gasteiger partial charge in [0.1, 0.15) is 0 Å². The highest BCUT2D eigenvalue weighted by Crippen LogP contribution is 2.43. The molecule has 10 nitrogen and oxygen atoms in total. The predicted octanol–water partition coefficient (Wildman–Crippen LogP) is 25.4. The summed E-state index contributed by atoms with van der Waals surface area (Å²) in [5.74, 6) is 2.85. The second-order valence-electron chi connectivity index (χ2n) is 31.0. The Morgan fingerprint density at radius 1 is 0.235 bits per heavy atom. The second kappa shape index (κ2) is 62.2. The number of rotatable bonds is 63. The molecule has 0 aliphatic heterocycles. The molecule has 0 saturated carbocycles. The average molecular weight is 1560 g/mol. The normalized spacial score (nSPS) is 11.5. The maximum absolute atomic E-state index is 9.66. The van der Waals surface area contributed by atoms with Gasteiger partial charge in [-0.25, -0.2) is 0 Å². The third kappa shape index (κ3) is 44.1. The number of benzene rings is 9. The Kier molecular flexibility index (Phi) is 50.8. The van der Waals surface area contributed by atoms with Gasteiger partial charge in [0.25, 0.3) is 0 Å². The number of aliphatic hydroxyl groups excluding tert-OH is 1. The molecule has 0 amide bonds. The molecule has 0 saturated heterocycles. The molecule has 10 heteroatoms. The molecule has 1 N–H and O–H groups in total. The molecule has 0 atom stereocenters. The Bertz CT molecular complexity index is 3370. The summed E-state index contributed by atoms with van der Waals surface area (Å²) >= 11 is 0. The average Bonchev–Trinajstić information content (AvgIpc) is 0.874. The lowest BCUT2D eigenvalue weighted by molar-refractivity contribution is 0.0656. The maximum Gasteiger partial charge on any atom is 0.0716 e. The van der Waals surface area contributed by atoms with Crippen molar-refractivity contribution in [1.29, 1.82) is 0 Å². The minimum absolute atomic E-state index is 0.172. The zero-order valence-corrected chi connectivity index (χ0v) is 69.6. The number of terminal acetylenes is 1. The molecule has 0 spiro atoms. The number of aliphatic hydroxyl groups is 1. The summed E-state index contributed by atoms with van der Waals surface area (Å²) in [7, 11) is 0. The molecule has 9 rings (SSSR count). The van der Waals surface area contributed by atoms with E-state index in [0.29, 0.717) is 59.5 Å². The summed E-state index contributed by atoms with van der Waals surface area (Å²) in [6.07, 6.45) is 34.4. The third-order valence-corrected chi connectivity index (χ3v) is 21.7. The van der Waals surface area contributed by atoms with E-state index < -0.39 is 0 Å². The molecule has 115 heavy (non-hydrogen) atoms. The lowest BCUT2D eigenvalue weighted by atomic mass is 9.72. The lowest BCUT2D eigenvalue weighted by Crippen LogP contribution is -2.24. The quantitative estimate of drug-likeness (QED) is 0.0225. The van der Waals surface area contributed by atoms with Crippen molar-refractivity contribution in [2.75, 3.05) is 66.1 Å². The van der Waals surface area contributed by atoms with Gasteiger partial charge in [-0.1, -0.05) is 279 Å². The molecular weight excluding hydrogens is 1420 g/mol. The molecule has 0 aliphatic carbocycles. The van der Waals surface area contributed by atoms with Crippen LogP contribution in [0.5, 0.6) is 0 Å². The van der Waals surface area contributed by atoms with Crippen molar-refractivity contribution >= 4 is 0 Å². The minimum Gasteiger partial charge on any atom is -0.396 e. The van der Waals surface area contributed by atoms with Crippen LogP contribution >= 0.6 is 0 Å². The summed E-state index contributed by atoms with van der Waals surface area (Å²) in [6.45, 7) is 17.3. The number of hydrogen-bond acceptors (Lipinski definition) is 10. The maximum atomic E-state index is 9.66. The fourth-order valence-corrected chi connectivity index (χ4v) is 15.5. The predicted molar refractivity (Wildman–Crippen MR) is 474 cm³/mol. The molecule has 9 aromatic rings. The zero-order valence-electron chi connectivity index (χ0n) is 69.6. The summed E-state index contributed by atoms with van der Waals surface area (Å²) in [5.41, 5.74) is 11.7. The van der Waals surface area contributed by atoms with Gasteiger partial charge in [-0.05, 0) is 220 Å². The Morgan fingerprint density at radius 2 is 0.391 bits per heavy atom. The zero-order chi connectivity index (χ0) is 80.4. The fraction of sp³-hybridized carbons (Fsp3) is 0.448. The number of unbranched alkanes of at least 4 members (excludes halogenated alkanes) is 1. The van der Waals surface area contributed by atoms with Crippen molar-refractivity contribution < 1.29 is 47.7 Å². The summed E-state index contributed by atoms with van der Waals surface area (Å²) in [5, 5.41) is 9.66. The van der Waals surface area contributed by atoms with E-state index in [4.69, 9.17) is 49.1 Å². The third-order valence-electron chi connectivity index (χ3n) is 21.7. The first-order valence-electron chi connectivity index (χ1n) is 43.1. The Labute approximate surface area is 694 Å². The van der Waals surface area contributed by atoms with E-state index in [0.717, 1.165) is 220 Å². The van der Waals surface area contributed by atoms with Crippen molar-refractivity contribution in [1.82, 2.24) is 0 Å². The van der Waals surface area contributed by atoms with Crippen LogP contribution in [0.2, 0.25) is 0 Å². The highest BCUT2D eigenvalue weighted by atomic mass is 16.5. The van der Waals surface area contributed by atoms with Crippen LogP contribution in [-0.4, -0.2) is 71.2 Å². The van der Waals surface area contributed by atoms with Crippen molar-refractivity contribution in [2.45, 2.75) is 220 Å². The summed E-state index contributed by atoms with van der Waals surface area (Å²) < 4.78 is 54.2. The molecule has 0 aliphatic rings. The first-order chi connectivity index (χ1) is 56.9. The highest BCUT2D eigenvalue weighted by molar-refractivity contribution is 5.19. The van der Waals surface area contributed by atoms with Gasteiger partial charge in [0.15, 0.2) is 0 Å². The molecular formula is C105H138O10. The minimum atomic E-state index is 0.172. The van der Waals surface area contributed by atoms with Crippen LogP contribution in [0.1, 0.15) is 211 Å². The van der Waals surface area contributed by atoms with Crippen LogP contribution in [-0.2, 0) is 102 Å². The van der Waals surface area contributed by atoms with E-state index in [1.165, 1.54) is 50.1 Å². The monoisotopic (exact) mass is 1560 g/mol. The Morgan fingerprint density at radius 3 is 0.548 bits per heavy atom. The van der Waals surface area contributed by atoms with Gasteiger partial charge in [-0.2, -0.15) is 0 Å². The summed E-state index contributed by atoms with van der Waals surface area (Å²) in [4.78, 5) is 0. The van der Waals surface area contributed by atoms with Crippen molar-refractivity contribution in [3.63, 3.8) is 0 Å². The van der Waals surface area contributed by atoms with Gasteiger partial charge < -0.3 is 47.7 Å². The Hall–Kier alpha value is -8.12. The SMILES string of the molecule is C#CCCCC(CCCOCc1ccccc1)(CCCOCc1ccccc1)CCCOCc1ccccc1.C=CCCC(CCCOCc1ccccc1)(CCCOCc1ccccc1)CCCOCc1ccccc1.OCCCC(CCCOCc1ccccc1)(CCCOCc1ccccc1)CCCOCc1ccccc1. The largest absolute Gasteiger partial charge is 0.396 e. The van der Waals surface area contributed by atoms with E-state index in [2.05, 4.69) is 237 Å². The van der Waals surface area contributed by atoms with Gasteiger partial charge in [-0.3, -0.25) is 0 Å². The highest BCUT2D eigenvalue weighted by Gasteiger charge is 2.31. The van der Waals surface area contributed by atoms with Crippen LogP contribution in [0.4, 0.5) is 0 Å². The van der Waals surface area contributed by atoms with E-state index in [-0.39, 0.29) is 22.9 Å². The van der Waals surface area contributed by atoms with Crippen LogP contribution < -0.4 is 0 Å². The first-order valence-corrected chi connectivity index (χ1v) is 43.1. The van der Waals surface area contributed by atoms with Crippen molar-refractivity contribution in [3.8, 4) is 12.3 Å². The molecule has 0 bridgehead atoms. The number of hydrogen-bond donors (Lipinski definition) is 1. The fourth-order valence-electron chi connectivity index (χ4n) is 15.5. The van der Waals surface area contributed by atoms with Crippen LogP contribution in [0, 0.1) is 28.6 Å². The van der Waals surface area contributed by atoms with Gasteiger partial charge in [0.2, 0.25) is 0 Å². The van der Waals surface area contributed by atoms with Gasteiger partial charge in [0, 0.05) is 72.5 Å². The second-order valence-corrected chi connectivity index (χ2v) is 31.0. The van der Waals surface area contributed by atoms with E-state index in [1.807, 2.05) is 54.6 Å². The van der Waals surface area contributed by atoms with Gasteiger partial charge in [-0.15, -0.1) is 18.9 Å². The Balaban J connectivity index is 0.000000239. The summed E-state index contributed by atoms with van der Waals surface area (Å²) in [6, 6.07) is 93.6.